The molecule has 0 aromatic carbocycles. The van der Waals surface area contributed by atoms with E-state index in [1.807, 2.05) is 0 Å². The average Bonchev–Trinajstić information content (AvgIpc) is 4.02. The van der Waals surface area contributed by atoms with Gasteiger partial charge in [0.15, 0.2) is 18.7 Å². The van der Waals surface area contributed by atoms with Crippen molar-refractivity contribution in [3.8, 4) is 0 Å². The molecular formula is C51H94O15. The lowest BCUT2D eigenvalue weighted by atomic mass is 9.98. The smallest absolute Gasteiger partial charge is 0.306 e. The maximum Gasteiger partial charge on any atom is 0.306 e. The summed E-state index contributed by atoms with van der Waals surface area (Å²) >= 11 is 0. The zero-order chi connectivity index (χ0) is 47.9. The van der Waals surface area contributed by atoms with E-state index in [9.17, 15) is 45.3 Å². The highest BCUT2D eigenvalue weighted by molar-refractivity contribution is 5.70. The normalized spacial score (nSPS) is 29.2. The molecule has 13 atom stereocenters. The first-order valence-electron chi connectivity index (χ1n) is 26.5. The number of unbranched alkanes of at least 4 members (excludes halogenated alkanes) is 24. The SMILES string of the molecule is CCCCCCCCCCCCCCCCCC(=O)OC[C@H](CO[C@@H]1O[C@H](CO[C@H]2O[C@H](CO)[C@H](O)[C@H](O)[C@H]2O)[C@H](O)[C@H](O)[C@H]1O)OC(=O)CCCCCCCCCCCCC[C@@H]1C[C@H]1C. The lowest BCUT2D eigenvalue weighted by molar-refractivity contribution is -0.332. The van der Waals surface area contributed by atoms with E-state index in [1.165, 1.54) is 128 Å². The molecule has 0 aromatic heterocycles. The van der Waals surface area contributed by atoms with Gasteiger partial charge in [0.25, 0.3) is 0 Å². The van der Waals surface area contributed by atoms with Crippen LogP contribution in [0.5, 0.6) is 0 Å². The molecule has 388 valence electrons. The van der Waals surface area contributed by atoms with E-state index >= 15 is 0 Å². The van der Waals surface area contributed by atoms with E-state index in [1.54, 1.807) is 0 Å². The molecule has 0 aromatic rings. The molecule has 15 nitrogen and oxygen atoms in total. The van der Waals surface area contributed by atoms with Gasteiger partial charge in [-0.2, -0.15) is 0 Å². The number of hydrogen-bond acceptors (Lipinski definition) is 15. The van der Waals surface area contributed by atoms with Gasteiger partial charge in [-0.25, -0.2) is 0 Å². The van der Waals surface area contributed by atoms with Gasteiger partial charge in [0.05, 0.1) is 19.8 Å². The summed E-state index contributed by atoms with van der Waals surface area (Å²) in [4.78, 5) is 25.8. The monoisotopic (exact) mass is 947 g/mol. The molecule has 3 rings (SSSR count). The summed E-state index contributed by atoms with van der Waals surface area (Å²) in [5.41, 5.74) is 0. The van der Waals surface area contributed by atoms with Crippen LogP contribution in [-0.4, -0.2) is 142 Å². The molecule has 3 fully saturated rings. The van der Waals surface area contributed by atoms with Crippen LogP contribution >= 0.6 is 0 Å². The van der Waals surface area contributed by atoms with Crippen molar-refractivity contribution in [2.75, 3.05) is 26.4 Å². The molecule has 2 saturated heterocycles. The Labute approximate surface area is 397 Å². The highest BCUT2D eigenvalue weighted by Crippen LogP contribution is 2.41. The van der Waals surface area contributed by atoms with Crippen molar-refractivity contribution in [1.29, 1.82) is 0 Å². The molecule has 2 heterocycles. The van der Waals surface area contributed by atoms with Crippen LogP contribution in [0.25, 0.3) is 0 Å². The van der Waals surface area contributed by atoms with E-state index < -0.39 is 92.7 Å². The van der Waals surface area contributed by atoms with Crippen molar-refractivity contribution >= 4 is 11.9 Å². The average molecular weight is 947 g/mol. The highest BCUT2D eigenvalue weighted by Gasteiger charge is 2.47. The van der Waals surface area contributed by atoms with Crippen molar-refractivity contribution in [3.05, 3.63) is 0 Å². The minimum atomic E-state index is -1.76. The maximum atomic E-state index is 13.0. The lowest BCUT2D eigenvalue weighted by Crippen LogP contribution is -2.61. The summed E-state index contributed by atoms with van der Waals surface area (Å²) in [7, 11) is 0. The van der Waals surface area contributed by atoms with Gasteiger partial charge in [-0.15, -0.1) is 0 Å². The Balaban J connectivity index is 1.38. The topological polar surface area (TPSA) is 231 Å². The number of rotatable bonds is 40. The Morgan fingerprint density at radius 3 is 1.39 bits per heavy atom. The second-order valence-electron chi connectivity index (χ2n) is 19.8. The number of hydrogen-bond donors (Lipinski definition) is 7. The van der Waals surface area contributed by atoms with Gasteiger partial charge in [-0.1, -0.05) is 174 Å². The van der Waals surface area contributed by atoms with Crippen LogP contribution in [0.15, 0.2) is 0 Å². The number of carbonyl (C=O) groups excluding carboxylic acids is 2. The van der Waals surface area contributed by atoms with Gasteiger partial charge < -0.3 is 64.2 Å². The number of aliphatic hydroxyl groups is 7. The molecule has 1 saturated carbocycles. The molecule has 0 spiro atoms. The fourth-order valence-corrected chi connectivity index (χ4v) is 9.12. The second-order valence-corrected chi connectivity index (χ2v) is 19.8. The highest BCUT2D eigenvalue weighted by atomic mass is 16.7. The van der Waals surface area contributed by atoms with Gasteiger partial charge >= 0.3 is 11.9 Å². The number of ether oxygens (including phenoxy) is 6. The van der Waals surface area contributed by atoms with Gasteiger partial charge in [0.2, 0.25) is 0 Å². The fourth-order valence-electron chi connectivity index (χ4n) is 9.12. The molecule has 0 unspecified atom stereocenters. The van der Waals surface area contributed by atoms with Crippen molar-refractivity contribution < 1.29 is 73.8 Å². The number of aliphatic hydroxyl groups excluding tert-OH is 7. The number of esters is 2. The van der Waals surface area contributed by atoms with Crippen molar-refractivity contribution in [1.82, 2.24) is 0 Å². The molecule has 3 aliphatic rings. The van der Waals surface area contributed by atoms with Crippen molar-refractivity contribution in [2.24, 2.45) is 11.8 Å². The van der Waals surface area contributed by atoms with Crippen LogP contribution in [0.4, 0.5) is 0 Å². The quantitative estimate of drug-likeness (QED) is 0.0241. The molecule has 66 heavy (non-hydrogen) atoms. The van der Waals surface area contributed by atoms with Gasteiger partial charge in [0, 0.05) is 12.8 Å². The van der Waals surface area contributed by atoms with Crippen LogP contribution in [0.2, 0.25) is 0 Å². The van der Waals surface area contributed by atoms with Crippen LogP contribution in [0, 0.1) is 11.8 Å². The van der Waals surface area contributed by atoms with Crippen molar-refractivity contribution in [2.45, 2.75) is 274 Å². The second kappa shape index (κ2) is 35.6. The minimum Gasteiger partial charge on any atom is -0.462 e. The Hall–Kier alpha value is -1.50. The predicted molar refractivity (Wildman–Crippen MR) is 250 cm³/mol. The third kappa shape index (κ3) is 24.4. The van der Waals surface area contributed by atoms with Crippen LogP contribution < -0.4 is 0 Å². The molecule has 0 amide bonds. The molecule has 0 radical (unpaired) electrons. The Kier molecular flexibility index (Phi) is 31.7. The van der Waals surface area contributed by atoms with E-state index in [4.69, 9.17) is 28.4 Å². The van der Waals surface area contributed by atoms with E-state index in [0.717, 1.165) is 50.4 Å². The molecule has 2 aliphatic heterocycles. The minimum absolute atomic E-state index is 0.175. The summed E-state index contributed by atoms with van der Waals surface area (Å²) < 4.78 is 33.6. The first-order chi connectivity index (χ1) is 32.0. The summed E-state index contributed by atoms with van der Waals surface area (Å²) in [6, 6.07) is 0. The molecule has 15 heteroatoms. The summed E-state index contributed by atoms with van der Waals surface area (Å²) in [5, 5.41) is 72.1. The lowest BCUT2D eigenvalue weighted by Gasteiger charge is -2.42. The van der Waals surface area contributed by atoms with E-state index in [0.29, 0.717) is 12.8 Å². The third-order valence-corrected chi connectivity index (χ3v) is 13.8. The zero-order valence-corrected chi connectivity index (χ0v) is 40.9. The van der Waals surface area contributed by atoms with Gasteiger partial charge in [-0.3, -0.25) is 9.59 Å². The zero-order valence-electron chi connectivity index (χ0n) is 40.9. The molecule has 1 aliphatic carbocycles. The summed E-state index contributed by atoms with van der Waals surface area (Å²) in [5.74, 6) is 1.05. The largest absolute Gasteiger partial charge is 0.462 e. The summed E-state index contributed by atoms with van der Waals surface area (Å²) in [6.07, 6.45) is 17.4. The van der Waals surface area contributed by atoms with E-state index in [2.05, 4.69) is 13.8 Å². The third-order valence-electron chi connectivity index (χ3n) is 13.8. The van der Waals surface area contributed by atoms with Crippen LogP contribution in [0.3, 0.4) is 0 Å². The Morgan fingerprint density at radius 1 is 0.515 bits per heavy atom. The standard InChI is InChI=1S/C51H94O15/c1-3-4-5-6-7-8-9-10-11-12-15-18-21-24-27-30-42(53)61-34-39(64-43(54)31-28-25-22-19-16-13-14-17-20-23-26-29-38-32-37(38)2)35-62-50-49(60)47(58)45(56)41(66-50)36-63-51-48(59)46(57)44(55)40(33-52)65-51/h37-41,44-52,55-60H,3-36H2,1-2H3/t37-,38-,39-,40-,41-,44+,45+,46+,47+,48-,49-,50-,51+/m1/s1. The van der Waals surface area contributed by atoms with Crippen molar-refractivity contribution in [3.63, 3.8) is 0 Å². The first kappa shape index (κ1) is 58.8. The van der Waals surface area contributed by atoms with Crippen LogP contribution in [-0.2, 0) is 38.0 Å². The number of carbonyl (C=O) groups is 2. The molecule has 0 bridgehead atoms. The summed E-state index contributed by atoms with van der Waals surface area (Å²) in [6.45, 7) is 2.74. The van der Waals surface area contributed by atoms with Crippen LogP contribution in [0.1, 0.15) is 206 Å². The van der Waals surface area contributed by atoms with Gasteiger partial charge in [0.1, 0.15) is 55.4 Å². The van der Waals surface area contributed by atoms with E-state index in [-0.39, 0.29) is 26.1 Å². The van der Waals surface area contributed by atoms with Gasteiger partial charge in [-0.05, 0) is 31.1 Å². The molecular weight excluding hydrogens is 853 g/mol. The predicted octanol–water partition coefficient (Wildman–Crippen LogP) is 7.07. The molecule has 7 N–H and O–H groups in total. The first-order valence-corrected chi connectivity index (χ1v) is 26.5. The Morgan fingerprint density at radius 2 is 0.924 bits per heavy atom. The Bertz CT molecular complexity index is 1230. The fraction of sp³-hybridized carbons (Fsp3) is 0.961. The maximum absolute atomic E-state index is 13.0.